The fourth-order valence-electron chi connectivity index (χ4n) is 2.42. The number of rotatable bonds is 7. The number of carbonyl (C=O) groups is 1. The number of hydrogen-bond acceptors (Lipinski definition) is 6. The third kappa shape index (κ3) is 4.64. The number of allylic oxidation sites excluding steroid dienone is 1. The van der Waals surface area contributed by atoms with Gasteiger partial charge in [-0.05, 0) is 20.8 Å². The third-order valence-electron chi connectivity index (χ3n) is 3.95. The molecule has 0 spiro atoms. The summed E-state index contributed by atoms with van der Waals surface area (Å²) >= 11 is 2.83. The van der Waals surface area contributed by atoms with Gasteiger partial charge in [-0.25, -0.2) is 4.98 Å². The van der Waals surface area contributed by atoms with Crippen LogP contribution in [0.5, 0.6) is 0 Å². The van der Waals surface area contributed by atoms with Crippen molar-refractivity contribution in [3.63, 3.8) is 0 Å². The fourth-order valence-corrected chi connectivity index (χ4v) is 4.00. The Kier molecular flexibility index (Phi) is 6.08. The molecule has 8 heteroatoms. The molecule has 0 aliphatic carbocycles. The predicted octanol–water partition coefficient (Wildman–Crippen LogP) is 4.24. The van der Waals surface area contributed by atoms with Crippen LogP contribution in [-0.2, 0) is 11.3 Å². The molecule has 0 fully saturated rings. The lowest BCUT2D eigenvalue weighted by molar-refractivity contribution is -0.113. The molecule has 2 heterocycles. The minimum Gasteiger partial charge on any atom is -0.301 e. The van der Waals surface area contributed by atoms with E-state index in [2.05, 4.69) is 27.1 Å². The second kappa shape index (κ2) is 8.49. The number of thioether (sulfide) groups is 1. The van der Waals surface area contributed by atoms with Crippen LogP contribution in [0.1, 0.15) is 16.1 Å². The first-order valence-electron chi connectivity index (χ1n) is 8.45. The van der Waals surface area contributed by atoms with Crippen molar-refractivity contribution >= 4 is 34.1 Å². The molecule has 3 rings (SSSR count). The summed E-state index contributed by atoms with van der Waals surface area (Å²) in [5.41, 5.74) is 3.11. The molecule has 1 aromatic carbocycles. The molecular weight excluding hydrogens is 378 g/mol. The third-order valence-corrected chi connectivity index (χ3v) is 5.90. The van der Waals surface area contributed by atoms with Crippen molar-refractivity contribution < 1.29 is 4.79 Å². The first-order chi connectivity index (χ1) is 13.0. The van der Waals surface area contributed by atoms with Crippen LogP contribution in [0.2, 0.25) is 0 Å². The maximum atomic E-state index is 12.2. The lowest BCUT2D eigenvalue weighted by Gasteiger charge is -2.08. The van der Waals surface area contributed by atoms with E-state index in [-0.39, 0.29) is 11.7 Å². The summed E-state index contributed by atoms with van der Waals surface area (Å²) < 4.78 is 1.97. The van der Waals surface area contributed by atoms with E-state index >= 15 is 0 Å². The summed E-state index contributed by atoms with van der Waals surface area (Å²) in [6.07, 6.45) is 1.80. The SMILES string of the molecule is C=CCn1c(SCC(=O)Nc2nc(C)c(C)s2)nnc1-c1ccc(C)cc1. The number of nitrogens with zero attached hydrogens (tertiary/aromatic N) is 4. The molecule has 0 atom stereocenters. The van der Waals surface area contributed by atoms with E-state index in [4.69, 9.17) is 0 Å². The van der Waals surface area contributed by atoms with Gasteiger partial charge < -0.3 is 5.32 Å². The zero-order chi connectivity index (χ0) is 19.4. The van der Waals surface area contributed by atoms with Crippen molar-refractivity contribution in [2.24, 2.45) is 0 Å². The van der Waals surface area contributed by atoms with Crippen molar-refractivity contribution in [3.8, 4) is 11.4 Å². The molecule has 27 heavy (non-hydrogen) atoms. The molecule has 0 aliphatic heterocycles. The van der Waals surface area contributed by atoms with Gasteiger partial charge in [0.25, 0.3) is 0 Å². The highest BCUT2D eigenvalue weighted by atomic mass is 32.2. The summed E-state index contributed by atoms with van der Waals surface area (Å²) in [4.78, 5) is 17.7. The van der Waals surface area contributed by atoms with Crippen LogP contribution in [0.4, 0.5) is 5.13 Å². The average molecular weight is 400 g/mol. The number of benzene rings is 1. The summed E-state index contributed by atoms with van der Waals surface area (Å²) in [5.74, 6) is 0.892. The van der Waals surface area contributed by atoms with Gasteiger partial charge in [-0.3, -0.25) is 9.36 Å². The lowest BCUT2D eigenvalue weighted by Crippen LogP contribution is -2.14. The van der Waals surface area contributed by atoms with Crippen LogP contribution in [0.25, 0.3) is 11.4 Å². The number of carbonyl (C=O) groups excluding carboxylic acids is 1. The Hall–Kier alpha value is -2.45. The molecule has 0 aliphatic rings. The van der Waals surface area contributed by atoms with Gasteiger partial charge in [-0.15, -0.1) is 28.1 Å². The fraction of sp³-hybridized carbons (Fsp3) is 0.263. The second-order valence-electron chi connectivity index (χ2n) is 6.07. The number of aryl methyl sites for hydroxylation is 3. The molecule has 0 saturated carbocycles. The van der Waals surface area contributed by atoms with Crippen molar-refractivity contribution in [1.29, 1.82) is 0 Å². The van der Waals surface area contributed by atoms with Gasteiger partial charge in [0.2, 0.25) is 5.91 Å². The standard InChI is InChI=1S/C19H21N5OS2/c1-5-10-24-17(15-8-6-12(2)7-9-15)22-23-19(24)26-11-16(25)21-18-20-13(3)14(4)27-18/h5-9H,1,10-11H2,2-4H3,(H,20,21,25). The molecule has 3 aromatic rings. The minimum atomic E-state index is -0.112. The number of nitrogens with one attached hydrogen (secondary N) is 1. The zero-order valence-corrected chi connectivity index (χ0v) is 17.2. The zero-order valence-electron chi connectivity index (χ0n) is 15.5. The van der Waals surface area contributed by atoms with E-state index in [1.54, 1.807) is 6.08 Å². The number of aromatic nitrogens is 4. The maximum absolute atomic E-state index is 12.2. The monoisotopic (exact) mass is 399 g/mol. The van der Waals surface area contributed by atoms with E-state index < -0.39 is 0 Å². The van der Waals surface area contributed by atoms with Crippen LogP contribution in [0.3, 0.4) is 0 Å². The van der Waals surface area contributed by atoms with Crippen molar-refractivity contribution in [2.75, 3.05) is 11.1 Å². The highest BCUT2D eigenvalue weighted by molar-refractivity contribution is 7.99. The predicted molar refractivity (Wildman–Crippen MR) is 111 cm³/mol. The summed E-state index contributed by atoms with van der Waals surface area (Å²) in [6.45, 7) is 10.4. The van der Waals surface area contributed by atoms with Gasteiger partial charge in [0.05, 0.1) is 11.4 Å². The number of hydrogen-bond donors (Lipinski definition) is 1. The normalized spacial score (nSPS) is 10.8. The van der Waals surface area contributed by atoms with E-state index in [1.165, 1.54) is 28.7 Å². The van der Waals surface area contributed by atoms with Crippen LogP contribution in [-0.4, -0.2) is 31.4 Å². The highest BCUT2D eigenvalue weighted by Crippen LogP contribution is 2.25. The molecule has 2 aromatic heterocycles. The van der Waals surface area contributed by atoms with Gasteiger partial charge in [0, 0.05) is 17.0 Å². The minimum absolute atomic E-state index is 0.112. The number of thiazole rings is 1. The van der Waals surface area contributed by atoms with E-state index in [9.17, 15) is 4.79 Å². The van der Waals surface area contributed by atoms with Gasteiger partial charge in [0.1, 0.15) is 0 Å². The van der Waals surface area contributed by atoms with Gasteiger partial charge >= 0.3 is 0 Å². The first-order valence-corrected chi connectivity index (χ1v) is 10.3. The summed E-state index contributed by atoms with van der Waals surface area (Å²) in [7, 11) is 0. The van der Waals surface area contributed by atoms with E-state index in [0.29, 0.717) is 16.8 Å². The Morgan fingerprint density at radius 2 is 2.00 bits per heavy atom. The van der Waals surface area contributed by atoms with Crippen LogP contribution in [0, 0.1) is 20.8 Å². The lowest BCUT2D eigenvalue weighted by atomic mass is 10.1. The van der Waals surface area contributed by atoms with Crippen LogP contribution < -0.4 is 5.32 Å². The molecule has 0 radical (unpaired) electrons. The Labute approximate surface area is 166 Å². The molecule has 140 valence electrons. The van der Waals surface area contributed by atoms with Crippen molar-refractivity contribution in [3.05, 3.63) is 53.1 Å². The number of anilines is 1. The molecule has 0 unspecified atom stereocenters. The topological polar surface area (TPSA) is 72.7 Å². The molecular formula is C19H21N5OS2. The quantitative estimate of drug-likeness (QED) is 0.475. The average Bonchev–Trinajstić information content (AvgIpc) is 3.17. The molecule has 0 saturated heterocycles. The Bertz CT molecular complexity index is 940. The smallest absolute Gasteiger partial charge is 0.236 e. The Morgan fingerprint density at radius 1 is 1.26 bits per heavy atom. The van der Waals surface area contributed by atoms with Crippen LogP contribution in [0.15, 0.2) is 42.1 Å². The number of amides is 1. The summed E-state index contributed by atoms with van der Waals surface area (Å²) in [5, 5.41) is 12.7. The highest BCUT2D eigenvalue weighted by Gasteiger charge is 2.15. The molecule has 1 amide bonds. The van der Waals surface area contributed by atoms with E-state index in [1.807, 2.05) is 49.6 Å². The van der Waals surface area contributed by atoms with Crippen LogP contribution >= 0.6 is 23.1 Å². The van der Waals surface area contributed by atoms with Gasteiger partial charge in [-0.2, -0.15) is 0 Å². The second-order valence-corrected chi connectivity index (χ2v) is 8.21. The Balaban J connectivity index is 1.71. The summed E-state index contributed by atoms with van der Waals surface area (Å²) in [6, 6.07) is 8.13. The molecule has 6 nitrogen and oxygen atoms in total. The van der Waals surface area contributed by atoms with Gasteiger partial charge in [0.15, 0.2) is 16.1 Å². The van der Waals surface area contributed by atoms with Crippen molar-refractivity contribution in [1.82, 2.24) is 19.7 Å². The Morgan fingerprint density at radius 3 is 2.63 bits per heavy atom. The molecule has 0 bridgehead atoms. The van der Waals surface area contributed by atoms with Crippen molar-refractivity contribution in [2.45, 2.75) is 32.5 Å². The van der Waals surface area contributed by atoms with Gasteiger partial charge in [-0.1, -0.05) is 47.7 Å². The largest absolute Gasteiger partial charge is 0.301 e. The van der Waals surface area contributed by atoms with E-state index in [0.717, 1.165) is 22.0 Å². The maximum Gasteiger partial charge on any atom is 0.236 e. The first kappa shape index (κ1) is 19.3. The molecule has 1 N–H and O–H groups in total.